The highest BCUT2D eigenvalue weighted by molar-refractivity contribution is 9.10. The molecule has 40 heavy (non-hydrogen) atoms. The Balaban J connectivity index is 1.72. The summed E-state index contributed by atoms with van der Waals surface area (Å²) >= 11 is 3.39. The number of benzene rings is 3. The van der Waals surface area contributed by atoms with Gasteiger partial charge in [0, 0.05) is 23.5 Å². The molecule has 0 unspecified atom stereocenters. The van der Waals surface area contributed by atoms with Crippen LogP contribution >= 0.6 is 15.9 Å². The number of amides is 2. The molecule has 4 rings (SSSR count). The van der Waals surface area contributed by atoms with Gasteiger partial charge in [-0.2, -0.15) is 0 Å². The molecule has 0 heterocycles. The zero-order valence-electron chi connectivity index (χ0n) is 22.9. The van der Waals surface area contributed by atoms with Crippen LogP contribution in [-0.2, 0) is 32.6 Å². The van der Waals surface area contributed by atoms with Crippen molar-refractivity contribution >= 4 is 43.5 Å². The first-order chi connectivity index (χ1) is 19.1. The molecule has 0 aliphatic heterocycles. The lowest BCUT2D eigenvalue weighted by molar-refractivity contribution is -0.140. The molecule has 0 bridgehead atoms. The standard InChI is InChI=1S/C31H36BrN3O4S/c1-23-10-8-13-25(18-23)21-34(30(36)22-35(40(2,38)39)28-17-9-14-26(32)20-28)29(19-24-11-4-3-5-12-24)31(37)33-27-15-6-7-16-27/h3-5,8-14,17-18,20,27,29H,6-7,15-16,19,21-22H2,1-2H3,(H,33,37)/t29-/m1/s1. The topological polar surface area (TPSA) is 86.8 Å². The van der Waals surface area contributed by atoms with Gasteiger partial charge >= 0.3 is 0 Å². The summed E-state index contributed by atoms with van der Waals surface area (Å²) in [4.78, 5) is 29.6. The van der Waals surface area contributed by atoms with Gasteiger partial charge in [0.1, 0.15) is 12.6 Å². The van der Waals surface area contributed by atoms with Crippen LogP contribution in [0.3, 0.4) is 0 Å². The van der Waals surface area contributed by atoms with E-state index in [2.05, 4.69) is 21.2 Å². The Labute approximate surface area is 245 Å². The van der Waals surface area contributed by atoms with Crippen molar-refractivity contribution < 1.29 is 18.0 Å². The van der Waals surface area contributed by atoms with E-state index in [1.54, 1.807) is 29.2 Å². The number of sulfonamides is 1. The van der Waals surface area contributed by atoms with E-state index >= 15 is 0 Å². The van der Waals surface area contributed by atoms with Gasteiger partial charge in [0.05, 0.1) is 11.9 Å². The summed E-state index contributed by atoms with van der Waals surface area (Å²) in [5, 5.41) is 3.18. The molecule has 1 fully saturated rings. The number of anilines is 1. The predicted molar refractivity (Wildman–Crippen MR) is 162 cm³/mol. The normalized spacial score (nSPS) is 14.5. The van der Waals surface area contributed by atoms with Crippen molar-refractivity contribution in [3.8, 4) is 0 Å². The minimum absolute atomic E-state index is 0.0795. The van der Waals surface area contributed by atoms with Crippen LogP contribution in [0.25, 0.3) is 0 Å². The van der Waals surface area contributed by atoms with E-state index in [0.717, 1.165) is 52.9 Å². The van der Waals surface area contributed by atoms with Crippen molar-refractivity contribution in [2.45, 2.75) is 57.7 Å². The average molecular weight is 627 g/mol. The highest BCUT2D eigenvalue weighted by Crippen LogP contribution is 2.24. The highest BCUT2D eigenvalue weighted by atomic mass is 79.9. The number of carbonyl (C=O) groups is 2. The molecule has 3 aromatic carbocycles. The van der Waals surface area contributed by atoms with Crippen LogP contribution in [0.2, 0.25) is 0 Å². The Kier molecular flexibility index (Phi) is 10.0. The van der Waals surface area contributed by atoms with Gasteiger partial charge in [-0.05, 0) is 49.1 Å². The third kappa shape index (κ3) is 8.17. The van der Waals surface area contributed by atoms with Gasteiger partial charge in [0.15, 0.2) is 0 Å². The minimum Gasteiger partial charge on any atom is -0.352 e. The van der Waals surface area contributed by atoms with Crippen LogP contribution < -0.4 is 9.62 Å². The lowest BCUT2D eigenvalue weighted by atomic mass is 10.0. The lowest BCUT2D eigenvalue weighted by Crippen LogP contribution is -2.54. The molecule has 0 aromatic heterocycles. The fraction of sp³-hybridized carbons (Fsp3) is 0.355. The third-order valence-corrected chi connectivity index (χ3v) is 8.82. The fourth-order valence-electron chi connectivity index (χ4n) is 5.17. The summed E-state index contributed by atoms with van der Waals surface area (Å²) < 4.78 is 27.6. The van der Waals surface area contributed by atoms with Crippen LogP contribution in [-0.4, -0.2) is 50.0 Å². The van der Waals surface area contributed by atoms with Crippen molar-refractivity contribution in [3.05, 3.63) is 100 Å². The van der Waals surface area contributed by atoms with Gasteiger partial charge in [-0.1, -0.05) is 95.0 Å². The van der Waals surface area contributed by atoms with E-state index in [4.69, 9.17) is 0 Å². The first kappa shape index (κ1) is 29.8. The number of nitrogens with one attached hydrogen (secondary N) is 1. The number of carbonyl (C=O) groups excluding carboxylic acids is 2. The molecule has 2 amide bonds. The second kappa shape index (κ2) is 13.5. The number of aryl methyl sites for hydroxylation is 1. The Bertz CT molecular complexity index is 1430. The van der Waals surface area contributed by atoms with Gasteiger partial charge in [0.2, 0.25) is 21.8 Å². The minimum atomic E-state index is -3.80. The van der Waals surface area contributed by atoms with Crippen molar-refractivity contribution in [2.75, 3.05) is 17.1 Å². The smallest absolute Gasteiger partial charge is 0.244 e. The van der Waals surface area contributed by atoms with Crippen molar-refractivity contribution in [3.63, 3.8) is 0 Å². The molecular weight excluding hydrogens is 590 g/mol. The zero-order valence-corrected chi connectivity index (χ0v) is 25.3. The van der Waals surface area contributed by atoms with E-state index in [9.17, 15) is 18.0 Å². The Morgan fingerprint density at radius 2 is 1.62 bits per heavy atom. The molecule has 1 saturated carbocycles. The zero-order chi connectivity index (χ0) is 28.7. The first-order valence-electron chi connectivity index (χ1n) is 13.5. The summed E-state index contributed by atoms with van der Waals surface area (Å²) in [6, 6.07) is 23.5. The van der Waals surface area contributed by atoms with Crippen molar-refractivity contribution in [1.29, 1.82) is 0 Å². The molecule has 1 aliphatic rings. The molecule has 0 saturated heterocycles. The maximum Gasteiger partial charge on any atom is 0.244 e. The van der Waals surface area contributed by atoms with Gasteiger partial charge in [0.25, 0.3) is 0 Å². The van der Waals surface area contributed by atoms with Gasteiger partial charge < -0.3 is 10.2 Å². The number of halogens is 1. The molecule has 9 heteroatoms. The number of hydrogen-bond acceptors (Lipinski definition) is 4. The molecule has 1 atom stereocenters. The van der Waals surface area contributed by atoms with E-state index in [0.29, 0.717) is 16.6 Å². The predicted octanol–water partition coefficient (Wildman–Crippen LogP) is 5.22. The molecule has 1 N–H and O–H groups in total. The van der Waals surface area contributed by atoms with E-state index in [-0.39, 0.29) is 18.5 Å². The molecule has 1 aliphatic carbocycles. The monoisotopic (exact) mass is 625 g/mol. The summed E-state index contributed by atoms with van der Waals surface area (Å²) in [7, 11) is -3.80. The van der Waals surface area contributed by atoms with Gasteiger partial charge in [-0.15, -0.1) is 0 Å². The van der Waals surface area contributed by atoms with E-state index in [1.165, 1.54) is 0 Å². The summed E-state index contributed by atoms with van der Waals surface area (Å²) in [5.74, 6) is -0.667. The Morgan fingerprint density at radius 1 is 0.950 bits per heavy atom. The van der Waals surface area contributed by atoms with Crippen LogP contribution in [0.15, 0.2) is 83.3 Å². The molecule has 3 aromatic rings. The van der Waals surface area contributed by atoms with Crippen molar-refractivity contribution in [1.82, 2.24) is 10.2 Å². The highest BCUT2D eigenvalue weighted by Gasteiger charge is 2.34. The Hall–Kier alpha value is -3.17. The first-order valence-corrected chi connectivity index (χ1v) is 16.2. The van der Waals surface area contributed by atoms with Crippen LogP contribution in [0.4, 0.5) is 5.69 Å². The van der Waals surface area contributed by atoms with Gasteiger partial charge in [-0.3, -0.25) is 13.9 Å². The molecule has 0 spiro atoms. The second-order valence-corrected chi connectivity index (χ2v) is 13.3. The lowest BCUT2D eigenvalue weighted by Gasteiger charge is -2.34. The molecular formula is C31H36BrN3O4S. The van der Waals surface area contributed by atoms with Crippen LogP contribution in [0.5, 0.6) is 0 Å². The molecule has 0 radical (unpaired) electrons. The fourth-order valence-corrected chi connectivity index (χ4v) is 6.40. The quantitative estimate of drug-likeness (QED) is 0.316. The Morgan fingerprint density at radius 3 is 2.27 bits per heavy atom. The summed E-state index contributed by atoms with van der Waals surface area (Å²) in [5.41, 5.74) is 3.19. The van der Waals surface area contributed by atoms with E-state index < -0.39 is 28.5 Å². The maximum absolute atomic E-state index is 14.1. The van der Waals surface area contributed by atoms with Crippen molar-refractivity contribution in [2.24, 2.45) is 0 Å². The molecule has 7 nitrogen and oxygen atoms in total. The SMILES string of the molecule is Cc1cccc(CN(C(=O)CN(c2cccc(Br)c2)S(C)(=O)=O)[C@H](Cc2ccccc2)C(=O)NC2CCCC2)c1. The number of hydrogen-bond donors (Lipinski definition) is 1. The maximum atomic E-state index is 14.1. The third-order valence-electron chi connectivity index (χ3n) is 7.18. The number of rotatable bonds is 11. The van der Waals surface area contributed by atoms with Crippen LogP contribution in [0.1, 0.15) is 42.4 Å². The van der Waals surface area contributed by atoms with Gasteiger partial charge in [-0.25, -0.2) is 8.42 Å². The van der Waals surface area contributed by atoms with Crippen LogP contribution in [0, 0.1) is 6.92 Å². The van der Waals surface area contributed by atoms with E-state index in [1.807, 2.05) is 61.5 Å². The largest absolute Gasteiger partial charge is 0.352 e. The number of nitrogens with zero attached hydrogens (tertiary/aromatic N) is 2. The summed E-state index contributed by atoms with van der Waals surface area (Å²) in [6.45, 7) is 1.72. The second-order valence-electron chi connectivity index (χ2n) is 10.5. The molecule has 212 valence electrons. The summed E-state index contributed by atoms with van der Waals surface area (Å²) in [6.07, 6.45) is 5.36. The average Bonchev–Trinajstić information content (AvgIpc) is 3.42.